The number of anilines is 1. The van der Waals surface area contributed by atoms with Crippen molar-refractivity contribution in [3.63, 3.8) is 0 Å². The fourth-order valence-corrected chi connectivity index (χ4v) is 3.40. The molecule has 1 atom stereocenters. The summed E-state index contributed by atoms with van der Waals surface area (Å²) >= 11 is 0. The average Bonchev–Trinajstić information content (AvgIpc) is 3.14. The summed E-state index contributed by atoms with van der Waals surface area (Å²) in [6.07, 6.45) is 5.96. The molecular weight excluding hydrogens is 364 g/mol. The van der Waals surface area contributed by atoms with Crippen molar-refractivity contribution in [1.29, 1.82) is 0 Å². The second-order valence-electron chi connectivity index (χ2n) is 7.71. The van der Waals surface area contributed by atoms with Crippen molar-refractivity contribution in [2.45, 2.75) is 45.4 Å². The molecule has 0 spiro atoms. The topological polar surface area (TPSA) is 84.7 Å². The van der Waals surface area contributed by atoms with E-state index in [2.05, 4.69) is 29.6 Å². The Morgan fingerprint density at radius 1 is 1.21 bits per heavy atom. The highest BCUT2D eigenvalue weighted by atomic mass is 16.1. The van der Waals surface area contributed by atoms with Gasteiger partial charge >= 0.3 is 0 Å². The molecule has 1 aromatic carbocycles. The van der Waals surface area contributed by atoms with Crippen LogP contribution in [0.5, 0.6) is 0 Å². The molecule has 152 valence electrons. The van der Waals surface area contributed by atoms with Crippen molar-refractivity contribution in [1.82, 2.24) is 25.1 Å². The van der Waals surface area contributed by atoms with Gasteiger partial charge in [0, 0.05) is 24.9 Å². The molecule has 4 rings (SSSR count). The largest absolute Gasteiger partial charge is 0.368 e. The highest BCUT2D eigenvalue weighted by Crippen LogP contribution is 2.27. The van der Waals surface area contributed by atoms with Gasteiger partial charge in [0.1, 0.15) is 11.6 Å². The summed E-state index contributed by atoms with van der Waals surface area (Å²) in [4.78, 5) is 21.6. The Kier molecular flexibility index (Phi) is 5.74. The van der Waals surface area contributed by atoms with Crippen LogP contribution >= 0.6 is 0 Å². The minimum absolute atomic E-state index is 0.170. The third-order valence-corrected chi connectivity index (χ3v) is 5.69. The normalized spacial score (nSPS) is 15.1. The second-order valence-corrected chi connectivity index (χ2v) is 7.71. The van der Waals surface area contributed by atoms with Gasteiger partial charge in [0.2, 0.25) is 5.91 Å². The molecule has 7 heteroatoms. The van der Waals surface area contributed by atoms with E-state index in [0.717, 1.165) is 47.6 Å². The Labute approximate surface area is 170 Å². The number of benzene rings is 1. The Morgan fingerprint density at radius 2 is 2.00 bits per heavy atom. The molecule has 1 fully saturated rings. The van der Waals surface area contributed by atoms with E-state index in [4.69, 9.17) is 9.97 Å². The lowest BCUT2D eigenvalue weighted by molar-refractivity contribution is -0.127. The van der Waals surface area contributed by atoms with E-state index >= 15 is 0 Å². The molecule has 0 unspecified atom stereocenters. The van der Waals surface area contributed by atoms with Crippen LogP contribution in [0.1, 0.15) is 51.3 Å². The standard InChI is InChI=1S/C22H28N6O/c1-3-15(2)19-26-20(23-12-13-24-22(29)16-8-7-9-16)18-14-25-28(21(18)27-19)17-10-5-4-6-11-17/h4-6,10-11,14-16H,3,7-9,12-13H2,1-2H3,(H,24,29)(H,23,26,27)/t15-/m1/s1. The predicted molar refractivity (Wildman–Crippen MR) is 114 cm³/mol. The van der Waals surface area contributed by atoms with E-state index in [9.17, 15) is 4.79 Å². The predicted octanol–water partition coefficient (Wildman–Crippen LogP) is 3.66. The first-order chi connectivity index (χ1) is 14.2. The van der Waals surface area contributed by atoms with Crippen LogP contribution in [0, 0.1) is 5.92 Å². The van der Waals surface area contributed by atoms with E-state index < -0.39 is 0 Å². The number of carbonyl (C=O) groups is 1. The number of carbonyl (C=O) groups excluding carboxylic acids is 1. The van der Waals surface area contributed by atoms with Crippen LogP contribution < -0.4 is 10.6 Å². The summed E-state index contributed by atoms with van der Waals surface area (Å²) in [5.74, 6) is 2.20. The Hall–Kier alpha value is -2.96. The first kappa shape index (κ1) is 19.4. The third-order valence-electron chi connectivity index (χ3n) is 5.69. The highest BCUT2D eigenvalue weighted by molar-refractivity contribution is 5.87. The fourth-order valence-electron chi connectivity index (χ4n) is 3.40. The summed E-state index contributed by atoms with van der Waals surface area (Å²) in [5, 5.41) is 11.8. The van der Waals surface area contributed by atoms with Crippen LogP contribution in [-0.2, 0) is 4.79 Å². The zero-order valence-electron chi connectivity index (χ0n) is 17.1. The van der Waals surface area contributed by atoms with Crippen molar-refractivity contribution < 1.29 is 4.79 Å². The van der Waals surface area contributed by atoms with E-state index in [1.807, 2.05) is 35.0 Å². The number of hydrogen-bond acceptors (Lipinski definition) is 5. The van der Waals surface area contributed by atoms with Gasteiger partial charge in [0.15, 0.2) is 5.65 Å². The second kappa shape index (κ2) is 8.59. The van der Waals surface area contributed by atoms with Crippen molar-refractivity contribution in [3.05, 3.63) is 42.4 Å². The first-order valence-electron chi connectivity index (χ1n) is 10.5. The minimum atomic E-state index is 0.170. The van der Waals surface area contributed by atoms with Gasteiger partial charge in [-0.1, -0.05) is 38.5 Å². The number of nitrogens with zero attached hydrogens (tertiary/aromatic N) is 4. The van der Waals surface area contributed by atoms with Crippen molar-refractivity contribution in [2.75, 3.05) is 18.4 Å². The van der Waals surface area contributed by atoms with Crippen LogP contribution in [0.2, 0.25) is 0 Å². The molecule has 2 N–H and O–H groups in total. The lowest BCUT2D eigenvalue weighted by atomic mass is 9.85. The number of aromatic nitrogens is 4. The Bertz CT molecular complexity index is 980. The van der Waals surface area contributed by atoms with E-state index in [1.165, 1.54) is 6.42 Å². The van der Waals surface area contributed by atoms with Gasteiger partial charge in [-0.05, 0) is 31.4 Å². The maximum Gasteiger partial charge on any atom is 0.223 e. The molecule has 1 saturated carbocycles. The minimum Gasteiger partial charge on any atom is -0.368 e. The van der Waals surface area contributed by atoms with Crippen molar-refractivity contribution in [2.24, 2.45) is 5.92 Å². The molecule has 1 aliphatic carbocycles. The zero-order valence-corrected chi connectivity index (χ0v) is 17.1. The van der Waals surface area contributed by atoms with Gasteiger partial charge in [-0.25, -0.2) is 14.6 Å². The molecule has 3 aromatic rings. The number of fused-ring (bicyclic) bond motifs is 1. The molecule has 7 nitrogen and oxygen atoms in total. The monoisotopic (exact) mass is 392 g/mol. The highest BCUT2D eigenvalue weighted by Gasteiger charge is 2.24. The molecular formula is C22H28N6O. The van der Waals surface area contributed by atoms with E-state index in [0.29, 0.717) is 13.1 Å². The number of hydrogen-bond donors (Lipinski definition) is 2. The van der Waals surface area contributed by atoms with Crippen LogP contribution in [-0.4, -0.2) is 38.7 Å². The first-order valence-corrected chi connectivity index (χ1v) is 10.5. The summed E-state index contributed by atoms with van der Waals surface area (Å²) in [6.45, 7) is 5.45. The lowest BCUT2D eigenvalue weighted by Gasteiger charge is -2.24. The SMILES string of the molecule is CC[C@@H](C)c1nc(NCCNC(=O)C2CCC2)c2cnn(-c3ccccc3)c2n1. The van der Waals surface area contributed by atoms with Crippen LogP contribution in [0.15, 0.2) is 36.5 Å². The molecule has 0 saturated heterocycles. The molecule has 29 heavy (non-hydrogen) atoms. The molecule has 2 heterocycles. The molecule has 0 radical (unpaired) electrons. The Morgan fingerprint density at radius 3 is 2.69 bits per heavy atom. The molecule has 1 amide bonds. The van der Waals surface area contributed by atoms with E-state index in [1.54, 1.807) is 6.20 Å². The van der Waals surface area contributed by atoms with Gasteiger partial charge in [-0.15, -0.1) is 0 Å². The summed E-state index contributed by atoms with van der Waals surface area (Å²) in [6, 6.07) is 9.99. The maximum atomic E-state index is 12.0. The third kappa shape index (κ3) is 4.09. The molecule has 2 aromatic heterocycles. The van der Waals surface area contributed by atoms with Crippen LogP contribution in [0.3, 0.4) is 0 Å². The smallest absolute Gasteiger partial charge is 0.223 e. The van der Waals surface area contributed by atoms with Gasteiger partial charge in [0.05, 0.1) is 17.3 Å². The fraction of sp³-hybridized carbons (Fsp3) is 0.455. The van der Waals surface area contributed by atoms with Crippen molar-refractivity contribution >= 4 is 22.8 Å². The number of para-hydroxylation sites is 1. The molecule has 1 aliphatic rings. The van der Waals surface area contributed by atoms with Crippen LogP contribution in [0.4, 0.5) is 5.82 Å². The van der Waals surface area contributed by atoms with Gasteiger partial charge < -0.3 is 10.6 Å². The zero-order chi connectivity index (χ0) is 20.2. The average molecular weight is 393 g/mol. The quantitative estimate of drug-likeness (QED) is 0.572. The maximum absolute atomic E-state index is 12.0. The molecule has 0 bridgehead atoms. The van der Waals surface area contributed by atoms with E-state index in [-0.39, 0.29) is 17.7 Å². The van der Waals surface area contributed by atoms with Gasteiger partial charge in [-0.2, -0.15) is 5.10 Å². The van der Waals surface area contributed by atoms with Gasteiger partial charge in [0.25, 0.3) is 0 Å². The van der Waals surface area contributed by atoms with Crippen LogP contribution in [0.25, 0.3) is 16.7 Å². The molecule has 0 aliphatic heterocycles. The summed E-state index contributed by atoms with van der Waals surface area (Å²) < 4.78 is 1.85. The van der Waals surface area contributed by atoms with Crippen molar-refractivity contribution in [3.8, 4) is 5.69 Å². The number of amides is 1. The number of nitrogens with one attached hydrogen (secondary N) is 2. The Balaban J connectivity index is 1.56. The summed E-state index contributed by atoms with van der Waals surface area (Å²) in [7, 11) is 0. The van der Waals surface area contributed by atoms with Gasteiger partial charge in [-0.3, -0.25) is 4.79 Å². The number of rotatable bonds is 8. The summed E-state index contributed by atoms with van der Waals surface area (Å²) in [5.41, 5.74) is 1.76. The lowest BCUT2D eigenvalue weighted by Crippen LogP contribution is -2.37.